The van der Waals surface area contributed by atoms with E-state index in [9.17, 15) is 10.1 Å². The summed E-state index contributed by atoms with van der Waals surface area (Å²) in [5, 5.41) is 17.3. The van der Waals surface area contributed by atoms with Gasteiger partial charge in [0.15, 0.2) is 0 Å². The Morgan fingerprint density at radius 2 is 2.25 bits per heavy atom. The minimum Gasteiger partial charge on any atom is -0.373 e. The van der Waals surface area contributed by atoms with E-state index in [0.29, 0.717) is 24.3 Å². The summed E-state index contributed by atoms with van der Waals surface area (Å²) in [5.74, 6) is 1.06. The van der Waals surface area contributed by atoms with Crippen molar-refractivity contribution in [3.8, 4) is 0 Å². The van der Waals surface area contributed by atoms with Crippen LogP contribution >= 0.6 is 0 Å². The fraction of sp³-hybridized carbons (Fsp3) is 0.615. The molecule has 2 saturated heterocycles. The van der Waals surface area contributed by atoms with Crippen molar-refractivity contribution in [1.82, 2.24) is 4.98 Å². The molecule has 2 aliphatic rings. The van der Waals surface area contributed by atoms with Gasteiger partial charge in [-0.25, -0.2) is 4.98 Å². The van der Waals surface area contributed by atoms with Gasteiger partial charge in [0.05, 0.1) is 35.3 Å². The summed E-state index contributed by atoms with van der Waals surface area (Å²) in [6.07, 6.45) is 3.67. The van der Waals surface area contributed by atoms with E-state index in [1.807, 2.05) is 6.92 Å². The minimum atomic E-state index is -0.398. The van der Waals surface area contributed by atoms with E-state index in [0.717, 1.165) is 19.3 Å². The zero-order valence-electron chi connectivity index (χ0n) is 11.3. The van der Waals surface area contributed by atoms with Crippen LogP contribution in [0, 0.1) is 10.1 Å². The molecule has 0 radical (unpaired) electrons. The molecule has 2 bridgehead atoms. The van der Waals surface area contributed by atoms with E-state index in [2.05, 4.69) is 15.6 Å². The van der Waals surface area contributed by atoms with Gasteiger partial charge in [0.2, 0.25) is 0 Å². The Kier molecular flexibility index (Phi) is 3.43. The maximum atomic E-state index is 11.0. The van der Waals surface area contributed by atoms with E-state index in [-0.39, 0.29) is 17.8 Å². The van der Waals surface area contributed by atoms with Crippen LogP contribution in [-0.4, -0.2) is 34.7 Å². The fourth-order valence-electron chi connectivity index (χ4n) is 2.95. The molecular formula is C13H18N4O3. The number of nitro groups is 1. The lowest BCUT2D eigenvalue weighted by atomic mass is 9.95. The summed E-state index contributed by atoms with van der Waals surface area (Å²) in [6, 6.07) is 3.14. The molecule has 2 N–H and O–H groups in total. The van der Waals surface area contributed by atoms with Gasteiger partial charge in [-0.1, -0.05) is 0 Å². The SMILES string of the molecule is CCNc1cc([N+](=O)[O-])cc(NC2CC3CCC2O3)n1. The number of nitrogens with zero attached hydrogens (tertiary/aromatic N) is 2. The Balaban J connectivity index is 1.79. The quantitative estimate of drug-likeness (QED) is 0.633. The number of ether oxygens (including phenoxy) is 1. The molecule has 0 spiro atoms. The molecule has 3 unspecified atom stereocenters. The van der Waals surface area contributed by atoms with Crippen molar-refractivity contribution in [3.63, 3.8) is 0 Å². The molecule has 0 aromatic carbocycles. The molecular weight excluding hydrogens is 260 g/mol. The highest BCUT2D eigenvalue weighted by Gasteiger charge is 2.40. The fourth-order valence-corrected chi connectivity index (χ4v) is 2.95. The smallest absolute Gasteiger partial charge is 0.276 e. The number of hydrogen-bond donors (Lipinski definition) is 2. The normalized spacial score (nSPS) is 27.6. The van der Waals surface area contributed by atoms with Crippen molar-refractivity contribution in [3.05, 3.63) is 22.2 Å². The number of pyridine rings is 1. The second-order valence-electron chi connectivity index (χ2n) is 5.24. The van der Waals surface area contributed by atoms with Gasteiger partial charge in [-0.05, 0) is 26.2 Å². The van der Waals surface area contributed by atoms with E-state index >= 15 is 0 Å². The van der Waals surface area contributed by atoms with Gasteiger partial charge in [0.25, 0.3) is 5.69 Å². The van der Waals surface area contributed by atoms with Gasteiger partial charge in [0, 0.05) is 6.54 Å². The highest BCUT2D eigenvalue weighted by Crippen LogP contribution is 2.36. The molecule has 108 valence electrons. The third kappa shape index (κ3) is 2.53. The Bertz CT molecular complexity index is 522. The van der Waals surface area contributed by atoms with E-state index in [1.165, 1.54) is 12.1 Å². The highest BCUT2D eigenvalue weighted by atomic mass is 16.6. The van der Waals surface area contributed by atoms with Crippen LogP contribution in [-0.2, 0) is 4.74 Å². The molecule has 3 heterocycles. The number of rotatable bonds is 5. The van der Waals surface area contributed by atoms with E-state index < -0.39 is 4.92 Å². The summed E-state index contributed by atoms with van der Waals surface area (Å²) in [6.45, 7) is 2.60. The summed E-state index contributed by atoms with van der Waals surface area (Å²) >= 11 is 0. The summed E-state index contributed by atoms with van der Waals surface area (Å²) in [7, 11) is 0. The van der Waals surface area contributed by atoms with Crippen LogP contribution in [0.25, 0.3) is 0 Å². The molecule has 0 amide bonds. The van der Waals surface area contributed by atoms with Crippen LogP contribution in [0.1, 0.15) is 26.2 Å². The van der Waals surface area contributed by atoms with E-state index in [4.69, 9.17) is 4.74 Å². The first-order valence-electron chi connectivity index (χ1n) is 6.98. The van der Waals surface area contributed by atoms with Crippen molar-refractivity contribution < 1.29 is 9.66 Å². The Morgan fingerprint density at radius 3 is 2.85 bits per heavy atom. The van der Waals surface area contributed by atoms with Crippen molar-refractivity contribution in [1.29, 1.82) is 0 Å². The van der Waals surface area contributed by atoms with Crippen LogP contribution < -0.4 is 10.6 Å². The number of anilines is 2. The molecule has 0 saturated carbocycles. The standard InChI is InChI=1S/C13H18N4O3/c1-2-14-12-5-8(17(18)19)6-13(16-12)15-10-7-9-3-4-11(10)20-9/h5-6,9-11H,2-4,7H2,1H3,(H2,14,15,16). The van der Waals surface area contributed by atoms with E-state index in [1.54, 1.807) is 0 Å². The van der Waals surface area contributed by atoms with Crippen LogP contribution in [0.4, 0.5) is 17.3 Å². The topological polar surface area (TPSA) is 89.3 Å². The van der Waals surface area contributed by atoms with Crippen molar-refractivity contribution >= 4 is 17.3 Å². The average Bonchev–Trinajstić information content (AvgIpc) is 3.01. The molecule has 3 atom stereocenters. The minimum absolute atomic E-state index is 0.0440. The van der Waals surface area contributed by atoms with Gasteiger partial charge < -0.3 is 15.4 Å². The average molecular weight is 278 g/mol. The van der Waals surface area contributed by atoms with Crippen LogP contribution in [0.3, 0.4) is 0 Å². The Morgan fingerprint density at radius 1 is 1.45 bits per heavy atom. The Labute approximate surface area is 116 Å². The zero-order valence-corrected chi connectivity index (χ0v) is 11.3. The molecule has 1 aromatic heterocycles. The largest absolute Gasteiger partial charge is 0.373 e. The summed E-state index contributed by atoms with van der Waals surface area (Å²) in [4.78, 5) is 14.9. The number of nitrogens with one attached hydrogen (secondary N) is 2. The first-order chi connectivity index (χ1) is 9.65. The molecule has 1 aromatic rings. The summed E-state index contributed by atoms with van der Waals surface area (Å²) < 4.78 is 5.77. The van der Waals surface area contributed by atoms with Crippen molar-refractivity contribution in [2.45, 2.75) is 44.4 Å². The lowest BCUT2D eigenvalue weighted by Gasteiger charge is -2.20. The first-order valence-corrected chi connectivity index (χ1v) is 6.98. The lowest BCUT2D eigenvalue weighted by Crippen LogP contribution is -2.30. The maximum Gasteiger partial charge on any atom is 0.276 e. The molecule has 20 heavy (non-hydrogen) atoms. The van der Waals surface area contributed by atoms with Crippen LogP contribution in [0.5, 0.6) is 0 Å². The summed E-state index contributed by atoms with van der Waals surface area (Å²) in [5.41, 5.74) is 0.0440. The number of fused-ring (bicyclic) bond motifs is 2. The molecule has 2 fully saturated rings. The predicted molar refractivity (Wildman–Crippen MR) is 75.0 cm³/mol. The molecule has 0 aliphatic carbocycles. The maximum absolute atomic E-state index is 11.0. The Hall–Kier alpha value is -1.89. The zero-order chi connectivity index (χ0) is 14.1. The molecule has 2 aliphatic heterocycles. The number of hydrogen-bond acceptors (Lipinski definition) is 6. The lowest BCUT2D eigenvalue weighted by molar-refractivity contribution is -0.384. The predicted octanol–water partition coefficient (Wildman–Crippen LogP) is 2.15. The third-order valence-corrected chi connectivity index (χ3v) is 3.82. The van der Waals surface area contributed by atoms with Crippen molar-refractivity contribution in [2.75, 3.05) is 17.2 Å². The van der Waals surface area contributed by atoms with Crippen molar-refractivity contribution in [2.24, 2.45) is 0 Å². The second kappa shape index (κ2) is 5.24. The molecule has 7 nitrogen and oxygen atoms in total. The second-order valence-corrected chi connectivity index (χ2v) is 5.24. The molecule has 3 rings (SSSR count). The van der Waals surface area contributed by atoms with Gasteiger partial charge in [0.1, 0.15) is 11.6 Å². The number of aromatic nitrogens is 1. The van der Waals surface area contributed by atoms with Gasteiger partial charge >= 0.3 is 0 Å². The first kappa shape index (κ1) is 13.1. The van der Waals surface area contributed by atoms with Crippen LogP contribution in [0.15, 0.2) is 12.1 Å². The van der Waals surface area contributed by atoms with Gasteiger partial charge in [-0.15, -0.1) is 0 Å². The van der Waals surface area contributed by atoms with Crippen LogP contribution in [0.2, 0.25) is 0 Å². The third-order valence-electron chi connectivity index (χ3n) is 3.82. The van der Waals surface area contributed by atoms with Gasteiger partial charge in [-0.2, -0.15) is 0 Å². The molecule has 7 heteroatoms. The highest BCUT2D eigenvalue weighted by molar-refractivity contribution is 5.55. The van der Waals surface area contributed by atoms with Gasteiger partial charge in [-0.3, -0.25) is 10.1 Å². The monoisotopic (exact) mass is 278 g/mol.